The summed E-state index contributed by atoms with van der Waals surface area (Å²) < 4.78 is 0. The molecule has 1 unspecified atom stereocenters. The fraction of sp³-hybridized carbons (Fsp3) is 0.700. The Morgan fingerprint density at radius 2 is 2.08 bits per heavy atom. The van der Waals surface area contributed by atoms with Crippen LogP contribution in [0.4, 0.5) is 0 Å². The first-order chi connectivity index (χ1) is 5.79. The van der Waals surface area contributed by atoms with Crippen molar-refractivity contribution in [2.24, 2.45) is 5.92 Å². The molecule has 12 heavy (non-hydrogen) atoms. The van der Waals surface area contributed by atoms with Crippen molar-refractivity contribution in [3.63, 3.8) is 0 Å². The van der Waals surface area contributed by atoms with Gasteiger partial charge < -0.3 is 5.11 Å². The molecule has 0 radical (unpaired) electrons. The molecule has 1 saturated carbocycles. The second-order valence-corrected chi connectivity index (χ2v) is 3.79. The van der Waals surface area contributed by atoms with E-state index in [1.165, 1.54) is 24.8 Å². The lowest BCUT2D eigenvalue weighted by molar-refractivity contribution is -0.132. The number of rotatable bonds is 1. The second-order valence-electron chi connectivity index (χ2n) is 3.79. The Balaban J connectivity index is 2.25. The summed E-state index contributed by atoms with van der Waals surface area (Å²) in [6.45, 7) is 0. The first-order valence-corrected chi connectivity index (χ1v) is 4.74. The van der Waals surface area contributed by atoms with Crippen LogP contribution in [0, 0.1) is 5.92 Å². The summed E-state index contributed by atoms with van der Waals surface area (Å²) in [5, 5.41) is 8.89. The van der Waals surface area contributed by atoms with Crippen LogP contribution in [0.25, 0.3) is 0 Å². The second kappa shape index (κ2) is 2.92. The van der Waals surface area contributed by atoms with Gasteiger partial charge in [0.15, 0.2) is 0 Å². The van der Waals surface area contributed by atoms with Crippen molar-refractivity contribution in [3.8, 4) is 0 Å². The highest BCUT2D eigenvalue weighted by Gasteiger charge is 2.30. The maximum atomic E-state index is 10.8. The lowest BCUT2D eigenvalue weighted by atomic mass is 9.85. The fourth-order valence-electron chi connectivity index (χ4n) is 2.52. The van der Waals surface area contributed by atoms with Crippen LogP contribution in [0.15, 0.2) is 11.1 Å². The summed E-state index contributed by atoms with van der Waals surface area (Å²) in [5.74, 6) is -0.0424. The molecule has 0 heterocycles. The molecule has 0 saturated heterocycles. The van der Waals surface area contributed by atoms with Crippen molar-refractivity contribution in [3.05, 3.63) is 11.1 Å². The number of carbonyl (C=O) groups is 1. The Morgan fingerprint density at radius 1 is 1.25 bits per heavy atom. The summed E-state index contributed by atoms with van der Waals surface area (Å²) in [6, 6.07) is 0. The highest BCUT2D eigenvalue weighted by atomic mass is 16.4. The highest BCUT2D eigenvalue weighted by molar-refractivity contribution is 5.88. The third-order valence-electron chi connectivity index (χ3n) is 3.13. The monoisotopic (exact) mass is 166 g/mol. The number of hydrogen-bond acceptors (Lipinski definition) is 1. The lowest BCUT2D eigenvalue weighted by Gasteiger charge is -2.20. The van der Waals surface area contributed by atoms with Gasteiger partial charge in [-0.1, -0.05) is 12.0 Å². The Hall–Kier alpha value is -0.790. The molecule has 0 spiro atoms. The average molecular weight is 166 g/mol. The van der Waals surface area contributed by atoms with E-state index in [1.807, 2.05) is 0 Å². The first-order valence-electron chi connectivity index (χ1n) is 4.74. The molecule has 0 aromatic rings. The molecule has 0 aliphatic heterocycles. The van der Waals surface area contributed by atoms with E-state index >= 15 is 0 Å². The van der Waals surface area contributed by atoms with E-state index in [2.05, 4.69) is 0 Å². The zero-order chi connectivity index (χ0) is 8.55. The van der Waals surface area contributed by atoms with Crippen molar-refractivity contribution >= 4 is 5.97 Å². The van der Waals surface area contributed by atoms with E-state index in [0.29, 0.717) is 5.92 Å². The lowest BCUT2D eigenvalue weighted by Crippen LogP contribution is -2.08. The number of hydrogen-bond donors (Lipinski definition) is 1. The molecule has 2 rings (SSSR count). The van der Waals surface area contributed by atoms with Gasteiger partial charge in [0.05, 0.1) is 0 Å². The molecule has 1 atom stereocenters. The molecule has 2 aliphatic rings. The quantitative estimate of drug-likeness (QED) is 0.649. The van der Waals surface area contributed by atoms with E-state index < -0.39 is 5.97 Å². The normalized spacial score (nSPS) is 28.8. The topological polar surface area (TPSA) is 37.3 Å². The fourth-order valence-corrected chi connectivity index (χ4v) is 2.52. The van der Waals surface area contributed by atoms with Gasteiger partial charge in [-0.2, -0.15) is 0 Å². The minimum absolute atomic E-state index is 0.629. The summed E-state index contributed by atoms with van der Waals surface area (Å²) in [7, 11) is 0. The zero-order valence-corrected chi connectivity index (χ0v) is 7.18. The number of carboxylic acid groups (broad SMARTS) is 1. The van der Waals surface area contributed by atoms with Crippen molar-refractivity contribution in [2.75, 3.05) is 0 Å². The van der Waals surface area contributed by atoms with Gasteiger partial charge in [0.1, 0.15) is 0 Å². The molecule has 0 aromatic carbocycles. The van der Waals surface area contributed by atoms with E-state index in [4.69, 9.17) is 5.11 Å². The third kappa shape index (κ3) is 1.15. The van der Waals surface area contributed by atoms with Crippen LogP contribution in [0.3, 0.4) is 0 Å². The van der Waals surface area contributed by atoms with Gasteiger partial charge in [-0.3, -0.25) is 0 Å². The van der Waals surface area contributed by atoms with Gasteiger partial charge in [-0.05, 0) is 38.0 Å². The summed E-state index contributed by atoms with van der Waals surface area (Å²) in [5.41, 5.74) is 2.01. The Morgan fingerprint density at radius 3 is 2.83 bits per heavy atom. The molecule has 0 amide bonds. The Labute approximate surface area is 72.3 Å². The van der Waals surface area contributed by atoms with E-state index in [1.54, 1.807) is 0 Å². The maximum Gasteiger partial charge on any atom is 0.331 e. The van der Waals surface area contributed by atoms with Crippen LogP contribution in [0.2, 0.25) is 0 Å². The van der Waals surface area contributed by atoms with Crippen LogP contribution < -0.4 is 0 Å². The van der Waals surface area contributed by atoms with Crippen LogP contribution in [-0.4, -0.2) is 11.1 Å². The first kappa shape index (κ1) is 7.84. The Kier molecular flexibility index (Phi) is 1.91. The molecule has 1 fully saturated rings. The predicted octanol–water partition coefficient (Wildman–Crippen LogP) is 2.35. The summed E-state index contributed by atoms with van der Waals surface area (Å²) >= 11 is 0. The average Bonchev–Trinajstić information content (AvgIpc) is 2.47. The number of carboxylic acids is 1. The number of allylic oxidation sites excluding steroid dienone is 1. The number of aliphatic carboxylic acids is 1. The van der Waals surface area contributed by atoms with Crippen LogP contribution in [0.1, 0.15) is 38.5 Å². The number of fused-ring (bicyclic) bond motifs is 1. The van der Waals surface area contributed by atoms with Crippen molar-refractivity contribution in [1.82, 2.24) is 0 Å². The van der Waals surface area contributed by atoms with Crippen molar-refractivity contribution in [2.45, 2.75) is 38.5 Å². The van der Waals surface area contributed by atoms with Gasteiger partial charge in [-0.25, -0.2) is 4.79 Å². The summed E-state index contributed by atoms with van der Waals surface area (Å²) in [6.07, 6.45) is 6.67. The van der Waals surface area contributed by atoms with Gasteiger partial charge in [-0.15, -0.1) is 0 Å². The molecule has 2 aliphatic carbocycles. The van der Waals surface area contributed by atoms with E-state index in [0.717, 1.165) is 24.8 Å². The van der Waals surface area contributed by atoms with E-state index in [9.17, 15) is 4.79 Å². The largest absolute Gasteiger partial charge is 0.478 e. The van der Waals surface area contributed by atoms with Crippen molar-refractivity contribution in [1.29, 1.82) is 0 Å². The molecule has 0 bridgehead atoms. The zero-order valence-electron chi connectivity index (χ0n) is 7.18. The van der Waals surface area contributed by atoms with Gasteiger partial charge >= 0.3 is 5.97 Å². The standard InChI is InChI=1S/C10H14O2/c11-10(12)9-6-5-7-3-1-2-4-8(7)9/h7H,1-6H2,(H,11,12). The van der Waals surface area contributed by atoms with Gasteiger partial charge in [0.25, 0.3) is 0 Å². The summed E-state index contributed by atoms with van der Waals surface area (Å²) in [4.78, 5) is 10.8. The molecular weight excluding hydrogens is 152 g/mol. The minimum Gasteiger partial charge on any atom is -0.478 e. The van der Waals surface area contributed by atoms with E-state index in [-0.39, 0.29) is 0 Å². The molecule has 66 valence electrons. The van der Waals surface area contributed by atoms with Crippen LogP contribution in [-0.2, 0) is 4.79 Å². The molecule has 1 N–H and O–H groups in total. The Bertz CT molecular complexity index is 240. The third-order valence-corrected chi connectivity index (χ3v) is 3.13. The molecule has 2 heteroatoms. The van der Waals surface area contributed by atoms with Crippen LogP contribution >= 0.6 is 0 Å². The maximum absolute atomic E-state index is 10.8. The molecule has 0 aromatic heterocycles. The molecular formula is C10H14O2. The highest BCUT2D eigenvalue weighted by Crippen LogP contribution is 2.41. The smallest absolute Gasteiger partial charge is 0.331 e. The minimum atomic E-state index is -0.672. The predicted molar refractivity (Wildman–Crippen MR) is 45.9 cm³/mol. The van der Waals surface area contributed by atoms with Crippen LogP contribution in [0.5, 0.6) is 0 Å². The van der Waals surface area contributed by atoms with Gasteiger partial charge in [0.2, 0.25) is 0 Å². The van der Waals surface area contributed by atoms with Gasteiger partial charge in [0, 0.05) is 5.57 Å². The SMILES string of the molecule is O=C(O)C1=C2CCCCC2CC1. The molecule has 2 nitrogen and oxygen atoms in total. The van der Waals surface area contributed by atoms with Crippen molar-refractivity contribution < 1.29 is 9.90 Å².